The molecular formula is C15H19NO3. The maximum absolute atomic E-state index is 11.6. The van der Waals surface area contributed by atoms with E-state index in [2.05, 4.69) is 5.32 Å². The van der Waals surface area contributed by atoms with Gasteiger partial charge in [0.25, 0.3) is 5.91 Å². The van der Waals surface area contributed by atoms with Gasteiger partial charge in [-0.25, -0.2) is 0 Å². The topological polar surface area (TPSA) is 55.4 Å². The van der Waals surface area contributed by atoms with Crippen LogP contribution in [0.3, 0.4) is 0 Å². The van der Waals surface area contributed by atoms with E-state index in [9.17, 15) is 9.59 Å². The third-order valence-corrected chi connectivity index (χ3v) is 2.88. The lowest BCUT2D eigenvalue weighted by Gasteiger charge is -2.20. The molecule has 1 aliphatic rings. The molecule has 1 N–H and O–H groups in total. The Morgan fingerprint density at radius 3 is 2.74 bits per heavy atom. The smallest absolute Gasteiger partial charge is 0.258 e. The first-order valence-electron chi connectivity index (χ1n) is 6.45. The first kappa shape index (κ1) is 13.6. The number of aryl methyl sites for hydroxylation is 1. The van der Waals surface area contributed by atoms with Crippen LogP contribution in [-0.4, -0.2) is 23.8 Å². The summed E-state index contributed by atoms with van der Waals surface area (Å²) in [6.45, 7) is 5.76. The van der Waals surface area contributed by atoms with Gasteiger partial charge in [-0.2, -0.15) is 0 Å². The first-order valence-corrected chi connectivity index (χ1v) is 6.45. The van der Waals surface area contributed by atoms with Crippen molar-refractivity contribution < 1.29 is 14.3 Å². The second-order valence-corrected chi connectivity index (χ2v) is 5.83. The number of rotatable bonds is 3. The van der Waals surface area contributed by atoms with Gasteiger partial charge in [-0.05, 0) is 51.0 Å². The summed E-state index contributed by atoms with van der Waals surface area (Å²) in [5.41, 5.74) is 1.54. The minimum Gasteiger partial charge on any atom is -0.484 e. The molecule has 0 unspecified atom stereocenters. The average Bonchev–Trinajstić information content (AvgIpc) is 2.66. The van der Waals surface area contributed by atoms with Crippen molar-refractivity contribution in [3.8, 4) is 5.75 Å². The van der Waals surface area contributed by atoms with Crippen molar-refractivity contribution >= 4 is 11.7 Å². The summed E-state index contributed by atoms with van der Waals surface area (Å²) >= 11 is 0. The molecule has 0 aromatic heterocycles. The Kier molecular flexibility index (Phi) is 3.60. The van der Waals surface area contributed by atoms with Gasteiger partial charge < -0.3 is 10.1 Å². The van der Waals surface area contributed by atoms with Crippen LogP contribution >= 0.6 is 0 Å². The maximum atomic E-state index is 11.6. The molecule has 1 amide bonds. The molecule has 0 aliphatic heterocycles. The average molecular weight is 261 g/mol. The number of amides is 1. The fraction of sp³-hybridized carbons (Fsp3) is 0.467. The highest BCUT2D eigenvalue weighted by molar-refractivity contribution is 6.00. The Hall–Kier alpha value is -1.84. The van der Waals surface area contributed by atoms with E-state index < -0.39 is 0 Å². The Balaban J connectivity index is 1.94. The van der Waals surface area contributed by atoms with Crippen LogP contribution in [0.5, 0.6) is 5.75 Å². The number of fused-ring (bicyclic) bond motifs is 1. The van der Waals surface area contributed by atoms with Crippen molar-refractivity contribution in [1.82, 2.24) is 5.32 Å². The molecule has 0 saturated heterocycles. The summed E-state index contributed by atoms with van der Waals surface area (Å²) in [5.74, 6) is 0.675. The van der Waals surface area contributed by atoms with Gasteiger partial charge in [0.1, 0.15) is 5.75 Å². The predicted molar refractivity (Wildman–Crippen MR) is 72.5 cm³/mol. The van der Waals surface area contributed by atoms with E-state index in [-0.39, 0.29) is 23.8 Å². The SMILES string of the molecule is CC(C)(C)NC(=O)COc1ccc2c(c1)CCC2=O. The molecular weight excluding hydrogens is 242 g/mol. The highest BCUT2D eigenvalue weighted by atomic mass is 16.5. The van der Waals surface area contributed by atoms with Crippen LogP contribution in [-0.2, 0) is 11.2 Å². The minimum atomic E-state index is -0.259. The molecule has 1 aromatic carbocycles. The molecule has 0 spiro atoms. The highest BCUT2D eigenvalue weighted by Crippen LogP contribution is 2.26. The Morgan fingerprint density at radius 2 is 2.05 bits per heavy atom. The lowest BCUT2D eigenvalue weighted by Crippen LogP contribution is -2.43. The van der Waals surface area contributed by atoms with Gasteiger partial charge in [-0.1, -0.05) is 0 Å². The van der Waals surface area contributed by atoms with Gasteiger partial charge in [0.15, 0.2) is 12.4 Å². The van der Waals surface area contributed by atoms with Gasteiger partial charge in [-0.3, -0.25) is 9.59 Å². The summed E-state index contributed by atoms with van der Waals surface area (Å²) in [6, 6.07) is 5.37. The van der Waals surface area contributed by atoms with Gasteiger partial charge in [0.2, 0.25) is 0 Å². The molecule has 0 heterocycles. The fourth-order valence-corrected chi connectivity index (χ4v) is 2.12. The van der Waals surface area contributed by atoms with E-state index in [1.54, 1.807) is 12.1 Å². The van der Waals surface area contributed by atoms with Crippen molar-refractivity contribution in [2.45, 2.75) is 39.2 Å². The van der Waals surface area contributed by atoms with Crippen LogP contribution in [0.4, 0.5) is 0 Å². The number of hydrogen-bond donors (Lipinski definition) is 1. The van der Waals surface area contributed by atoms with Gasteiger partial charge >= 0.3 is 0 Å². The second-order valence-electron chi connectivity index (χ2n) is 5.83. The normalized spacial score (nSPS) is 14.2. The molecule has 0 fully saturated rings. The zero-order chi connectivity index (χ0) is 14.0. The lowest BCUT2D eigenvalue weighted by molar-refractivity contribution is -0.124. The van der Waals surface area contributed by atoms with E-state index in [1.165, 1.54) is 0 Å². The Labute approximate surface area is 113 Å². The summed E-state index contributed by atoms with van der Waals surface area (Å²) in [7, 11) is 0. The standard InChI is InChI=1S/C15H19NO3/c1-15(2,3)16-14(18)9-19-11-5-6-12-10(8-11)4-7-13(12)17/h5-6,8H,4,7,9H2,1-3H3,(H,16,18). The Morgan fingerprint density at radius 1 is 1.32 bits per heavy atom. The Bertz CT molecular complexity index is 515. The number of carbonyl (C=O) groups excluding carboxylic acids is 2. The molecule has 0 atom stereocenters. The van der Waals surface area contributed by atoms with E-state index in [4.69, 9.17) is 4.74 Å². The lowest BCUT2D eigenvalue weighted by atomic mass is 10.1. The van der Waals surface area contributed by atoms with Crippen molar-refractivity contribution in [2.24, 2.45) is 0 Å². The zero-order valence-corrected chi connectivity index (χ0v) is 11.6. The maximum Gasteiger partial charge on any atom is 0.258 e. The van der Waals surface area contributed by atoms with E-state index in [0.717, 1.165) is 17.5 Å². The van der Waals surface area contributed by atoms with Crippen molar-refractivity contribution in [2.75, 3.05) is 6.61 Å². The van der Waals surface area contributed by atoms with E-state index in [1.807, 2.05) is 26.8 Å². The first-order chi connectivity index (χ1) is 8.85. The van der Waals surface area contributed by atoms with Crippen LogP contribution in [0.2, 0.25) is 0 Å². The molecule has 1 aliphatic carbocycles. The van der Waals surface area contributed by atoms with Gasteiger partial charge in [0.05, 0.1) is 0 Å². The summed E-state index contributed by atoms with van der Waals surface area (Å²) < 4.78 is 5.45. The zero-order valence-electron chi connectivity index (χ0n) is 11.6. The van der Waals surface area contributed by atoms with E-state index in [0.29, 0.717) is 12.2 Å². The molecule has 0 radical (unpaired) electrons. The summed E-state index contributed by atoms with van der Waals surface area (Å²) in [5, 5.41) is 2.83. The number of ether oxygens (including phenoxy) is 1. The van der Waals surface area contributed by atoms with Crippen molar-refractivity contribution in [1.29, 1.82) is 0 Å². The molecule has 102 valence electrons. The number of Topliss-reactive ketones (excluding diaryl/α,β-unsaturated/α-hetero) is 1. The molecule has 19 heavy (non-hydrogen) atoms. The number of carbonyl (C=O) groups is 2. The second kappa shape index (κ2) is 5.03. The summed E-state index contributed by atoms with van der Waals surface area (Å²) in [6.07, 6.45) is 1.34. The van der Waals surface area contributed by atoms with Crippen LogP contribution in [0.25, 0.3) is 0 Å². The number of benzene rings is 1. The van der Waals surface area contributed by atoms with Crippen LogP contribution in [0.1, 0.15) is 43.1 Å². The predicted octanol–water partition coefficient (Wildman–Crippen LogP) is 2.11. The quantitative estimate of drug-likeness (QED) is 0.906. The molecule has 4 nitrogen and oxygen atoms in total. The number of hydrogen-bond acceptors (Lipinski definition) is 3. The van der Waals surface area contributed by atoms with Crippen molar-refractivity contribution in [3.05, 3.63) is 29.3 Å². The van der Waals surface area contributed by atoms with E-state index >= 15 is 0 Å². The van der Waals surface area contributed by atoms with Crippen LogP contribution in [0, 0.1) is 0 Å². The highest BCUT2D eigenvalue weighted by Gasteiger charge is 2.20. The monoisotopic (exact) mass is 261 g/mol. The van der Waals surface area contributed by atoms with Crippen molar-refractivity contribution in [3.63, 3.8) is 0 Å². The van der Waals surface area contributed by atoms with Gasteiger partial charge in [0, 0.05) is 17.5 Å². The summed E-state index contributed by atoms with van der Waals surface area (Å²) in [4.78, 5) is 23.1. The van der Waals surface area contributed by atoms with Gasteiger partial charge in [-0.15, -0.1) is 0 Å². The third-order valence-electron chi connectivity index (χ3n) is 2.88. The largest absolute Gasteiger partial charge is 0.484 e. The number of nitrogens with one attached hydrogen (secondary N) is 1. The molecule has 0 saturated carbocycles. The molecule has 1 aromatic rings. The molecule has 2 rings (SSSR count). The van der Waals surface area contributed by atoms with Crippen LogP contribution < -0.4 is 10.1 Å². The molecule has 4 heteroatoms. The molecule has 0 bridgehead atoms. The number of ketones is 1. The van der Waals surface area contributed by atoms with Crippen LogP contribution in [0.15, 0.2) is 18.2 Å². The minimum absolute atomic E-state index is 0.00992. The fourth-order valence-electron chi connectivity index (χ4n) is 2.12. The third kappa shape index (κ3) is 3.56.